The standard InChI is InChI=1S/C15H15N3O2S.C12H8N2.Cu/c1-20-13-9-5-6-11(14(13)19)10-16-18-15(21)17-12-7-3-2-4-8-12;1-3-9-5-6-10-4-2-8-14-12(10)11(9)13-7-1;/h2-10H,1H3,(H3,16,17,18,19,21);1-8H;/q;;+2/p+1. The van der Waals surface area contributed by atoms with Crippen molar-refractivity contribution in [3.05, 3.63) is 108 Å². The Balaban J connectivity index is 0.000000208. The molecule has 0 saturated heterocycles. The summed E-state index contributed by atoms with van der Waals surface area (Å²) in [5.74, 6) is 0.770. The fraction of sp³-hybridized carbons (Fsp3) is 0.0370. The van der Waals surface area contributed by atoms with Gasteiger partial charge >= 0.3 is 22.8 Å². The molecule has 5 rings (SSSR count). The largest absolute Gasteiger partial charge is 2.00 e. The Labute approximate surface area is 224 Å². The van der Waals surface area contributed by atoms with Gasteiger partial charge in [0.2, 0.25) is 10.9 Å². The van der Waals surface area contributed by atoms with Crippen LogP contribution in [0.3, 0.4) is 0 Å². The van der Waals surface area contributed by atoms with Crippen molar-refractivity contribution in [1.82, 2.24) is 9.97 Å². The van der Waals surface area contributed by atoms with Crippen molar-refractivity contribution in [2.24, 2.45) is 5.10 Å². The SMILES string of the molecule is COc1cccc(C=N[N-]C(=[SH+])Nc2ccccc2)c1[OH2+].[Cu+2].c1cnc2c(c1)ccc1cccnc12. The van der Waals surface area contributed by atoms with Gasteiger partial charge < -0.3 is 25.7 Å². The van der Waals surface area contributed by atoms with E-state index in [-0.39, 0.29) is 22.8 Å². The third kappa shape index (κ3) is 6.76. The second-order valence-corrected chi connectivity index (χ2v) is 7.72. The van der Waals surface area contributed by atoms with Crippen LogP contribution < -0.4 is 10.1 Å². The molecule has 0 aliphatic carbocycles. The van der Waals surface area contributed by atoms with Crippen LogP contribution in [0.4, 0.5) is 5.69 Å². The Morgan fingerprint density at radius 3 is 2.14 bits per heavy atom. The van der Waals surface area contributed by atoms with E-state index in [0.717, 1.165) is 27.5 Å². The second kappa shape index (κ2) is 13.2. The van der Waals surface area contributed by atoms with Gasteiger partial charge in [-0.3, -0.25) is 9.97 Å². The van der Waals surface area contributed by atoms with E-state index in [1.807, 2.05) is 42.5 Å². The maximum absolute atomic E-state index is 7.91. The molecular weight excluding hydrogens is 522 g/mol. The first-order valence-electron chi connectivity index (χ1n) is 10.7. The first-order chi connectivity index (χ1) is 17.2. The van der Waals surface area contributed by atoms with Crippen molar-refractivity contribution < 1.29 is 26.9 Å². The van der Waals surface area contributed by atoms with Crippen molar-refractivity contribution >= 4 is 51.0 Å². The summed E-state index contributed by atoms with van der Waals surface area (Å²) in [4.78, 5) is 8.69. The van der Waals surface area contributed by atoms with Crippen molar-refractivity contribution in [3.8, 4) is 11.5 Å². The zero-order valence-corrected chi connectivity index (χ0v) is 21.1. The van der Waals surface area contributed by atoms with Crippen molar-refractivity contribution in [1.29, 1.82) is 0 Å². The molecule has 5 aromatic rings. The van der Waals surface area contributed by atoms with Crippen LogP contribution in [0.5, 0.6) is 11.5 Å². The Bertz CT molecular complexity index is 1430. The van der Waals surface area contributed by atoms with E-state index in [2.05, 4.69) is 62.3 Å². The van der Waals surface area contributed by atoms with E-state index in [9.17, 15) is 0 Å². The van der Waals surface area contributed by atoms with Gasteiger partial charge in [-0.1, -0.05) is 48.5 Å². The van der Waals surface area contributed by atoms with Crippen LogP contribution in [0.25, 0.3) is 27.2 Å². The van der Waals surface area contributed by atoms with Crippen LogP contribution in [0.1, 0.15) is 5.56 Å². The second-order valence-electron chi connectivity index (χ2n) is 7.30. The van der Waals surface area contributed by atoms with Crippen LogP contribution in [0.2, 0.25) is 0 Å². The molecule has 0 spiro atoms. The maximum atomic E-state index is 7.91. The number of thiol groups is 1. The molecule has 0 amide bonds. The minimum absolute atomic E-state index is 0. The van der Waals surface area contributed by atoms with Crippen LogP contribution in [0.15, 0.2) is 102 Å². The number of anilines is 1. The number of rotatable bonds is 4. The zero-order chi connectivity index (χ0) is 24.5. The predicted octanol–water partition coefficient (Wildman–Crippen LogP) is 5.10. The number of hydrogen-bond acceptors (Lipinski definition) is 4. The molecule has 2 aromatic heterocycles. The molecule has 36 heavy (non-hydrogen) atoms. The Morgan fingerprint density at radius 1 is 0.889 bits per heavy atom. The molecule has 0 saturated carbocycles. The first-order valence-corrected chi connectivity index (χ1v) is 11.2. The summed E-state index contributed by atoms with van der Waals surface area (Å²) in [6.45, 7) is 0. The molecule has 9 heteroatoms. The molecule has 183 valence electrons. The summed E-state index contributed by atoms with van der Waals surface area (Å²) in [5.41, 5.74) is 7.38. The molecule has 0 aliphatic heterocycles. The van der Waals surface area contributed by atoms with Gasteiger partial charge in [0.1, 0.15) is 0 Å². The number of methoxy groups -OCH3 is 1. The van der Waals surface area contributed by atoms with Gasteiger partial charge in [-0.15, -0.1) is 0 Å². The van der Waals surface area contributed by atoms with Gasteiger partial charge in [0.25, 0.3) is 0 Å². The number of benzene rings is 3. The summed E-state index contributed by atoms with van der Waals surface area (Å²) >= 11 is 4.21. The third-order valence-corrected chi connectivity index (χ3v) is 5.20. The van der Waals surface area contributed by atoms with Crippen molar-refractivity contribution in [3.63, 3.8) is 0 Å². The molecule has 0 unspecified atom stereocenters. The molecule has 3 aromatic carbocycles. The number of hydrogen-bond donors (Lipinski definition) is 1. The number of nitrogens with one attached hydrogen (secondary N) is 1. The number of pyridine rings is 2. The van der Waals surface area contributed by atoms with E-state index in [0.29, 0.717) is 16.4 Å². The van der Waals surface area contributed by atoms with Crippen LogP contribution in [-0.2, 0) is 29.3 Å². The molecule has 7 nitrogen and oxygen atoms in total. The average molecular weight is 546 g/mol. The van der Waals surface area contributed by atoms with Crippen LogP contribution >= 0.6 is 0 Å². The predicted molar refractivity (Wildman–Crippen MR) is 148 cm³/mol. The molecule has 0 bridgehead atoms. The van der Waals surface area contributed by atoms with E-state index in [1.165, 1.54) is 13.3 Å². The zero-order valence-electron chi connectivity index (χ0n) is 19.3. The van der Waals surface area contributed by atoms with Gasteiger partial charge in [-0.2, -0.15) is 0 Å². The minimum Gasteiger partial charge on any atom is -0.590 e. The molecule has 0 atom stereocenters. The van der Waals surface area contributed by atoms with E-state index >= 15 is 0 Å². The van der Waals surface area contributed by atoms with E-state index in [4.69, 9.17) is 9.84 Å². The average Bonchev–Trinajstić information content (AvgIpc) is 2.90. The number of ether oxygens (including phenoxy) is 1. The summed E-state index contributed by atoms with van der Waals surface area (Å²) in [5, 5.41) is 17.5. The third-order valence-electron chi connectivity index (χ3n) is 5.00. The Kier molecular flexibility index (Phi) is 9.71. The van der Waals surface area contributed by atoms with Crippen LogP contribution in [0, 0.1) is 0 Å². The molecule has 1 radical (unpaired) electrons. The molecule has 2 heterocycles. The molecule has 3 N–H and O–H groups in total. The topological polar surface area (TPSA) is 96.4 Å². The fourth-order valence-corrected chi connectivity index (χ4v) is 3.51. The monoisotopic (exact) mass is 545 g/mol. The normalized spacial score (nSPS) is 10.2. The Hall–Kier alpha value is -4.04. The maximum Gasteiger partial charge on any atom is 2.00 e. The molecule has 0 aliphatic rings. The van der Waals surface area contributed by atoms with Crippen LogP contribution in [-0.4, -0.2) is 33.5 Å². The van der Waals surface area contributed by atoms with Crippen molar-refractivity contribution in [2.75, 3.05) is 12.4 Å². The van der Waals surface area contributed by atoms with Crippen molar-refractivity contribution in [2.45, 2.75) is 0 Å². The number of aromatic nitrogens is 2. The quantitative estimate of drug-likeness (QED) is 0.0646. The summed E-state index contributed by atoms with van der Waals surface area (Å²) in [7, 11) is 1.53. The summed E-state index contributed by atoms with van der Waals surface area (Å²) in [6.07, 6.45) is 5.10. The Morgan fingerprint density at radius 2 is 1.53 bits per heavy atom. The van der Waals surface area contributed by atoms with Gasteiger partial charge in [0.15, 0.2) is 12.2 Å². The van der Waals surface area contributed by atoms with Gasteiger partial charge in [-0.05, 0) is 36.4 Å². The summed E-state index contributed by atoms with van der Waals surface area (Å²) in [6, 6.07) is 27.0. The minimum atomic E-state index is 0. The van der Waals surface area contributed by atoms with E-state index in [1.54, 1.807) is 30.6 Å². The summed E-state index contributed by atoms with van der Waals surface area (Å²) < 4.78 is 5.08. The number of para-hydroxylation sites is 2. The van der Waals surface area contributed by atoms with Gasteiger partial charge in [-0.25, -0.2) is 0 Å². The van der Waals surface area contributed by atoms with E-state index < -0.39 is 0 Å². The first kappa shape index (κ1) is 26.6. The number of fused-ring (bicyclic) bond motifs is 3. The fourth-order valence-electron chi connectivity index (χ4n) is 3.33. The smallest absolute Gasteiger partial charge is 0.590 e. The molecule has 0 fully saturated rings. The van der Waals surface area contributed by atoms with Gasteiger partial charge in [0, 0.05) is 35.1 Å². The van der Waals surface area contributed by atoms with Gasteiger partial charge in [0.05, 0.1) is 23.7 Å². The molecular formula is C27H24CuN5O2S+3. The number of nitrogens with zero attached hydrogens (tertiary/aromatic N) is 4.